The zero-order valence-electron chi connectivity index (χ0n) is 12.1. The van der Waals surface area contributed by atoms with E-state index in [0.717, 1.165) is 15.9 Å². The number of aromatic nitrogens is 3. The van der Waals surface area contributed by atoms with Crippen molar-refractivity contribution in [2.24, 2.45) is 0 Å². The summed E-state index contributed by atoms with van der Waals surface area (Å²) < 4.78 is 6.00. The number of rotatable bonds is 4. The van der Waals surface area contributed by atoms with E-state index in [9.17, 15) is 0 Å². The molecule has 2 heterocycles. The van der Waals surface area contributed by atoms with Crippen LogP contribution < -0.4 is 10.6 Å². The lowest BCUT2D eigenvalue weighted by atomic mass is 10.3. The van der Waals surface area contributed by atoms with Gasteiger partial charge >= 0.3 is 0 Å². The molecule has 3 aromatic rings. The summed E-state index contributed by atoms with van der Waals surface area (Å²) in [6.45, 7) is 3.67. The Bertz CT molecular complexity index is 802. The van der Waals surface area contributed by atoms with Crippen molar-refractivity contribution >= 4 is 39.1 Å². The molecule has 3 rings (SSSR count). The van der Waals surface area contributed by atoms with E-state index in [2.05, 4.69) is 41.7 Å². The van der Waals surface area contributed by atoms with Gasteiger partial charge in [-0.25, -0.2) is 9.97 Å². The molecule has 22 heavy (non-hydrogen) atoms. The first-order chi connectivity index (χ1) is 10.6. The standard InChI is InChI=1S/C15H14BrN5O/c1-9-7-15(21-22-9)20-14-8-13(17-10(2)18-14)19-12-6-4-3-5-11(12)16/h3-8H,1-2H3,(H2,17,18,19,20,21). The average Bonchev–Trinajstić information content (AvgIpc) is 2.86. The van der Waals surface area contributed by atoms with Gasteiger partial charge in [0.05, 0.1) is 5.69 Å². The summed E-state index contributed by atoms with van der Waals surface area (Å²) in [6, 6.07) is 11.5. The minimum atomic E-state index is 0.613. The van der Waals surface area contributed by atoms with Crippen molar-refractivity contribution in [2.45, 2.75) is 13.8 Å². The number of benzene rings is 1. The molecule has 7 heteroatoms. The Morgan fingerprint density at radius 1 is 0.955 bits per heavy atom. The van der Waals surface area contributed by atoms with Crippen molar-refractivity contribution in [3.63, 3.8) is 0 Å². The highest BCUT2D eigenvalue weighted by Crippen LogP contribution is 2.26. The number of anilines is 4. The van der Waals surface area contributed by atoms with Crippen molar-refractivity contribution in [2.75, 3.05) is 10.6 Å². The van der Waals surface area contributed by atoms with Crippen LogP contribution in [-0.4, -0.2) is 15.1 Å². The second-order valence-electron chi connectivity index (χ2n) is 4.74. The molecule has 0 saturated carbocycles. The Hall–Kier alpha value is -2.41. The molecule has 1 aromatic carbocycles. The molecule has 2 aromatic heterocycles. The van der Waals surface area contributed by atoms with Gasteiger partial charge in [-0.3, -0.25) is 0 Å². The van der Waals surface area contributed by atoms with Crippen LogP contribution in [0.4, 0.5) is 23.1 Å². The molecule has 0 radical (unpaired) electrons. The summed E-state index contributed by atoms with van der Waals surface area (Å²) in [5.41, 5.74) is 0.934. The first-order valence-electron chi connectivity index (χ1n) is 6.68. The molecule has 0 saturated heterocycles. The number of hydrogen-bond acceptors (Lipinski definition) is 6. The normalized spacial score (nSPS) is 10.5. The zero-order chi connectivity index (χ0) is 15.5. The number of para-hydroxylation sites is 1. The Morgan fingerprint density at radius 2 is 1.68 bits per heavy atom. The summed E-state index contributed by atoms with van der Waals surface area (Å²) in [4.78, 5) is 8.74. The minimum Gasteiger partial charge on any atom is -0.360 e. The molecule has 0 aliphatic heterocycles. The molecule has 0 bridgehead atoms. The highest BCUT2D eigenvalue weighted by molar-refractivity contribution is 9.10. The Balaban J connectivity index is 1.85. The number of halogens is 1. The van der Waals surface area contributed by atoms with Gasteiger partial charge in [0, 0.05) is 16.6 Å². The van der Waals surface area contributed by atoms with Gasteiger partial charge in [-0.05, 0) is 41.9 Å². The Labute approximate surface area is 136 Å². The summed E-state index contributed by atoms with van der Waals surface area (Å²) in [6.07, 6.45) is 0. The smallest absolute Gasteiger partial charge is 0.175 e. The third-order valence-corrected chi connectivity index (χ3v) is 3.55. The number of nitrogens with zero attached hydrogens (tertiary/aromatic N) is 3. The highest BCUT2D eigenvalue weighted by Gasteiger charge is 2.07. The molecule has 0 amide bonds. The molecular formula is C15H14BrN5O. The summed E-state index contributed by atoms with van der Waals surface area (Å²) in [7, 11) is 0. The summed E-state index contributed by atoms with van der Waals surface area (Å²) in [5.74, 6) is 3.35. The number of nitrogens with one attached hydrogen (secondary N) is 2. The third kappa shape index (κ3) is 3.43. The van der Waals surface area contributed by atoms with Crippen LogP contribution in [0.1, 0.15) is 11.6 Å². The lowest BCUT2D eigenvalue weighted by Gasteiger charge is -2.10. The third-order valence-electron chi connectivity index (χ3n) is 2.86. The van der Waals surface area contributed by atoms with Crippen LogP contribution in [0.3, 0.4) is 0 Å². The molecule has 0 spiro atoms. The molecule has 0 fully saturated rings. The predicted octanol–water partition coefficient (Wildman–Crippen LogP) is 4.33. The van der Waals surface area contributed by atoms with E-state index in [1.165, 1.54) is 0 Å². The van der Waals surface area contributed by atoms with Crippen LogP contribution in [-0.2, 0) is 0 Å². The lowest BCUT2D eigenvalue weighted by Crippen LogP contribution is -2.01. The zero-order valence-corrected chi connectivity index (χ0v) is 13.7. The van der Waals surface area contributed by atoms with Gasteiger partial charge in [0.1, 0.15) is 23.2 Å². The van der Waals surface area contributed by atoms with Gasteiger partial charge in [0.25, 0.3) is 0 Å². The molecular weight excluding hydrogens is 346 g/mol. The van der Waals surface area contributed by atoms with Gasteiger partial charge in [0.2, 0.25) is 0 Å². The van der Waals surface area contributed by atoms with Crippen LogP contribution in [0, 0.1) is 13.8 Å². The molecule has 0 aliphatic carbocycles. The quantitative estimate of drug-likeness (QED) is 0.721. The lowest BCUT2D eigenvalue weighted by molar-refractivity contribution is 0.400. The summed E-state index contributed by atoms with van der Waals surface area (Å²) in [5, 5.41) is 10.3. The van der Waals surface area contributed by atoms with Crippen molar-refractivity contribution in [3.8, 4) is 0 Å². The Morgan fingerprint density at radius 3 is 2.36 bits per heavy atom. The molecule has 112 valence electrons. The van der Waals surface area contributed by atoms with E-state index in [-0.39, 0.29) is 0 Å². The van der Waals surface area contributed by atoms with Crippen LogP contribution in [0.5, 0.6) is 0 Å². The maximum Gasteiger partial charge on any atom is 0.175 e. The van der Waals surface area contributed by atoms with Gasteiger partial charge in [0.15, 0.2) is 5.82 Å². The maximum absolute atomic E-state index is 5.03. The van der Waals surface area contributed by atoms with E-state index in [4.69, 9.17) is 4.52 Å². The van der Waals surface area contributed by atoms with Crippen molar-refractivity contribution < 1.29 is 4.52 Å². The van der Waals surface area contributed by atoms with Crippen LogP contribution in [0.2, 0.25) is 0 Å². The van der Waals surface area contributed by atoms with E-state index >= 15 is 0 Å². The fourth-order valence-corrected chi connectivity index (χ4v) is 2.34. The average molecular weight is 360 g/mol. The van der Waals surface area contributed by atoms with Gasteiger partial charge in [-0.15, -0.1) is 0 Å². The monoisotopic (exact) mass is 359 g/mol. The van der Waals surface area contributed by atoms with Crippen molar-refractivity contribution in [1.29, 1.82) is 0 Å². The van der Waals surface area contributed by atoms with E-state index in [0.29, 0.717) is 23.3 Å². The SMILES string of the molecule is Cc1nc(Nc2cc(C)on2)cc(Nc2ccccc2Br)n1. The topological polar surface area (TPSA) is 75.9 Å². The van der Waals surface area contributed by atoms with Crippen LogP contribution in [0.25, 0.3) is 0 Å². The molecule has 0 unspecified atom stereocenters. The van der Waals surface area contributed by atoms with E-state index < -0.39 is 0 Å². The molecule has 0 atom stereocenters. The number of hydrogen-bond donors (Lipinski definition) is 2. The largest absolute Gasteiger partial charge is 0.360 e. The van der Waals surface area contributed by atoms with Gasteiger partial charge < -0.3 is 15.2 Å². The fraction of sp³-hybridized carbons (Fsp3) is 0.133. The van der Waals surface area contributed by atoms with E-state index in [1.54, 1.807) is 6.07 Å². The predicted molar refractivity (Wildman–Crippen MR) is 88.7 cm³/mol. The second kappa shape index (κ2) is 6.15. The van der Waals surface area contributed by atoms with Gasteiger partial charge in [-0.2, -0.15) is 0 Å². The van der Waals surface area contributed by atoms with Crippen LogP contribution in [0.15, 0.2) is 45.4 Å². The minimum absolute atomic E-state index is 0.613. The molecule has 2 N–H and O–H groups in total. The van der Waals surface area contributed by atoms with Gasteiger partial charge in [-0.1, -0.05) is 17.3 Å². The maximum atomic E-state index is 5.03. The molecule has 0 aliphatic rings. The summed E-state index contributed by atoms with van der Waals surface area (Å²) >= 11 is 3.50. The fourth-order valence-electron chi connectivity index (χ4n) is 1.95. The Kier molecular flexibility index (Phi) is 4.06. The first-order valence-corrected chi connectivity index (χ1v) is 7.47. The van der Waals surface area contributed by atoms with Crippen LogP contribution >= 0.6 is 15.9 Å². The second-order valence-corrected chi connectivity index (χ2v) is 5.59. The number of aryl methyl sites for hydroxylation is 2. The molecule has 6 nitrogen and oxygen atoms in total. The van der Waals surface area contributed by atoms with E-state index in [1.807, 2.05) is 44.2 Å². The van der Waals surface area contributed by atoms with Crippen molar-refractivity contribution in [3.05, 3.63) is 52.5 Å². The highest BCUT2D eigenvalue weighted by atomic mass is 79.9. The first kappa shape index (κ1) is 14.5. The van der Waals surface area contributed by atoms with Crippen molar-refractivity contribution in [1.82, 2.24) is 15.1 Å².